The van der Waals surface area contributed by atoms with E-state index in [4.69, 9.17) is 16.3 Å². The van der Waals surface area contributed by atoms with Crippen molar-refractivity contribution in [2.75, 3.05) is 26.2 Å². The van der Waals surface area contributed by atoms with Crippen LogP contribution in [-0.4, -0.2) is 36.1 Å². The van der Waals surface area contributed by atoms with Crippen LogP contribution in [0.5, 0.6) is 5.75 Å². The molecule has 6 heteroatoms. The molecule has 0 saturated carbocycles. The summed E-state index contributed by atoms with van der Waals surface area (Å²) >= 11 is 9.48. The molecule has 2 aromatic carbocycles. The maximum atomic E-state index is 6.24. The zero-order valence-electron chi connectivity index (χ0n) is 17.6. The van der Waals surface area contributed by atoms with Crippen molar-refractivity contribution in [3.05, 3.63) is 64.6 Å². The molecule has 0 saturated heterocycles. The van der Waals surface area contributed by atoms with Gasteiger partial charge in [-0.1, -0.05) is 43.6 Å². The fourth-order valence-electron chi connectivity index (χ4n) is 3.21. The molecule has 0 N–H and O–H groups in total. The number of thiazole rings is 1. The Bertz CT molecular complexity index is 881. The van der Waals surface area contributed by atoms with Crippen LogP contribution in [-0.2, 0) is 5.75 Å². The number of unbranched alkanes of at least 4 members (excludes halogenated alkanes) is 1. The molecule has 0 aliphatic rings. The number of aromatic nitrogens is 1. The highest BCUT2D eigenvalue weighted by molar-refractivity contribution is 7.98. The first kappa shape index (κ1) is 23.1. The van der Waals surface area contributed by atoms with Crippen LogP contribution in [0.2, 0.25) is 5.02 Å². The molecule has 0 atom stereocenters. The van der Waals surface area contributed by atoms with Crippen molar-refractivity contribution in [2.45, 2.75) is 37.3 Å². The Morgan fingerprint density at radius 2 is 1.87 bits per heavy atom. The van der Waals surface area contributed by atoms with E-state index in [2.05, 4.69) is 54.1 Å². The van der Waals surface area contributed by atoms with E-state index in [1.165, 1.54) is 10.5 Å². The van der Waals surface area contributed by atoms with Gasteiger partial charge < -0.3 is 9.64 Å². The van der Waals surface area contributed by atoms with Gasteiger partial charge in [-0.05, 0) is 62.3 Å². The highest BCUT2D eigenvalue weighted by atomic mass is 35.5. The summed E-state index contributed by atoms with van der Waals surface area (Å²) in [6.45, 7) is 8.51. The van der Waals surface area contributed by atoms with Crippen LogP contribution >= 0.6 is 34.7 Å². The molecule has 0 aliphatic carbocycles. The summed E-state index contributed by atoms with van der Waals surface area (Å²) in [5.41, 5.74) is 2.35. The van der Waals surface area contributed by atoms with Crippen LogP contribution in [0.3, 0.4) is 0 Å². The Kier molecular flexibility index (Phi) is 9.53. The van der Waals surface area contributed by atoms with Gasteiger partial charge in [-0.15, -0.1) is 23.1 Å². The lowest BCUT2D eigenvalue weighted by atomic mass is 10.2. The third kappa shape index (κ3) is 6.74. The Morgan fingerprint density at radius 3 is 2.57 bits per heavy atom. The minimum Gasteiger partial charge on any atom is -0.493 e. The van der Waals surface area contributed by atoms with Gasteiger partial charge in [0.25, 0.3) is 0 Å². The maximum Gasteiger partial charge on any atom is 0.130 e. The van der Waals surface area contributed by atoms with Gasteiger partial charge >= 0.3 is 0 Å². The summed E-state index contributed by atoms with van der Waals surface area (Å²) in [5.74, 6) is 1.80. The molecule has 30 heavy (non-hydrogen) atoms. The van der Waals surface area contributed by atoms with Crippen molar-refractivity contribution in [1.82, 2.24) is 9.88 Å². The standard InChI is InChI=1S/C24H29ClN2OS2/c1-3-27(4-2)15-5-6-16-28-21-8-7-9-22(23(21)24-26-14-17-29-24)30-18-19-10-12-20(25)13-11-19/h7-14,17H,3-6,15-16,18H2,1-2H3. The number of ether oxygens (including phenoxy) is 1. The first-order valence-electron chi connectivity index (χ1n) is 10.5. The van der Waals surface area contributed by atoms with E-state index in [0.717, 1.165) is 66.2 Å². The van der Waals surface area contributed by atoms with Crippen LogP contribution in [0, 0.1) is 0 Å². The molecule has 0 fully saturated rings. The topological polar surface area (TPSA) is 25.4 Å². The molecule has 0 spiro atoms. The molecule has 3 aromatic rings. The second-order valence-corrected chi connectivity index (χ2v) is 9.31. The average Bonchev–Trinajstić information content (AvgIpc) is 3.30. The van der Waals surface area contributed by atoms with Crippen LogP contribution in [0.4, 0.5) is 0 Å². The molecule has 3 rings (SSSR count). The zero-order valence-corrected chi connectivity index (χ0v) is 20.0. The summed E-state index contributed by atoms with van der Waals surface area (Å²) in [4.78, 5) is 8.21. The summed E-state index contributed by atoms with van der Waals surface area (Å²) in [6, 6.07) is 14.3. The fourth-order valence-corrected chi connectivity index (χ4v) is 5.13. The molecule has 0 unspecified atom stereocenters. The van der Waals surface area contributed by atoms with E-state index < -0.39 is 0 Å². The van der Waals surface area contributed by atoms with Gasteiger partial charge in [0.2, 0.25) is 0 Å². The Labute approximate surface area is 193 Å². The third-order valence-corrected chi connectivity index (χ3v) is 7.13. The monoisotopic (exact) mass is 460 g/mol. The summed E-state index contributed by atoms with van der Waals surface area (Å²) in [6.07, 6.45) is 4.06. The van der Waals surface area contributed by atoms with Crippen LogP contribution < -0.4 is 4.74 Å². The predicted octanol–water partition coefficient (Wildman–Crippen LogP) is 7.26. The fraction of sp³-hybridized carbons (Fsp3) is 0.375. The number of halogens is 1. The number of hydrogen-bond acceptors (Lipinski definition) is 5. The Hall–Kier alpha value is -1.53. The van der Waals surface area contributed by atoms with E-state index in [0.29, 0.717) is 0 Å². The second kappa shape index (κ2) is 12.4. The first-order valence-corrected chi connectivity index (χ1v) is 12.7. The highest BCUT2D eigenvalue weighted by Gasteiger charge is 2.15. The van der Waals surface area contributed by atoms with Crippen LogP contribution in [0.1, 0.15) is 32.3 Å². The smallest absolute Gasteiger partial charge is 0.130 e. The maximum absolute atomic E-state index is 6.24. The third-order valence-electron chi connectivity index (χ3n) is 4.96. The lowest BCUT2D eigenvalue weighted by Gasteiger charge is -2.18. The summed E-state index contributed by atoms with van der Waals surface area (Å²) < 4.78 is 6.24. The van der Waals surface area contributed by atoms with Crippen molar-refractivity contribution in [3.63, 3.8) is 0 Å². The van der Waals surface area contributed by atoms with Crippen LogP contribution in [0.25, 0.3) is 10.6 Å². The van der Waals surface area contributed by atoms with E-state index in [9.17, 15) is 0 Å². The number of nitrogens with zero attached hydrogens (tertiary/aromatic N) is 2. The van der Waals surface area contributed by atoms with Gasteiger partial charge in [-0.3, -0.25) is 0 Å². The van der Waals surface area contributed by atoms with Crippen LogP contribution in [0.15, 0.2) is 58.9 Å². The van der Waals surface area contributed by atoms with E-state index >= 15 is 0 Å². The van der Waals surface area contributed by atoms with Crippen molar-refractivity contribution in [1.29, 1.82) is 0 Å². The second-order valence-electron chi connectivity index (χ2n) is 6.96. The van der Waals surface area contributed by atoms with Gasteiger partial charge in [-0.2, -0.15) is 0 Å². The molecule has 1 aromatic heterocycles. The van der Waals surface area contributed by atoms with E-state index in [1.807, 2.05) is 35.5 Å². The minimum atomic E-state index is 0.727. The number of thioether (sulfide) groups is 1. The van der Waals surface area contributed by atoms with Gasteiger partial charge in [0.1, 0.15) is 10.8 Å². The van der Waals surface area contributed by atoms with E-state index in [1.54, 1.807) is 11.3 Å². The normalized spacial score (nSPS) is 11.2. The van der Waals surface area contributed by atoms with E-state index in [-0.39, 0.29) is 0 Å². The summed E-state index contributed by atoms with van der Waals surface area (Å²) in [5, 5.41) is 3.79. The molecule has 0 aliphatic heterocycles. The molecule has 0 radical (unpaired) electrons. The predicted molar refractivity (Wildman–Crippen MR) is 131 cm³/mol. The van der Waals surface area contributed by atoms with Crippen molar-refractivity contribution < 1.29 is 4.74 Å². The Balaban J connectivity index is 1.67. The first-order chi connectivity index (χ1) is 14.7. The number of hydrogen-bond donors (Lipinski definition) is 0. The molecule has 160 valence electrons. The molecule has 0 bridgehead atoms. The Morgan fingerprint density at radius 1 is 1.07 bits per heavy atom. The molecule has 1 heterocycles. The van der Waals surface area contributed by atoms with Crippen molar-refractivity contribution in [3.8, 4) is 16.3 Å². The quantitative estimate of drug-likeness (QED) is 0.210. The largest absolute Gasteiger partial charge is 0.493 e. The molecule has 3 nitrogen and oxygen atoms in total. The lowest BCUT2D eigenvalue weighted by Crippen LogP contribution is -2.24. The van der Waals surface area contributed by atoms with Crippen molar-refractivity contribution >= 4 is 34.7 Å². The van der Waals surface area contributed by atoms with Gasteiger partial charge in [0.15, 0.2) is 0 Å². The zero-order chi connectivity index (χ0) is 21.2. The minimum absolute atomic E-state index is 0.727. The average molecular weight is 461 g/mol. The van der Waals surface area contributed by atoms with Gasteiger partial charge in [0.05, 0.1) is 12.2 Å². The highest BCUT2D eigenvalue weighted by Crippen LogP contribution is 2.40. The lowest BCUT2D eigenvalue weighted by molar-refractivity contribution is 0.266. The molecular weight excluding hydrogens is 432 g/mol. The molecule has 0 amide bonds. The number of rotatable bonds is 12. The summed E-state index contributed by atoms with van der Waals surface area (Å²) in [7, 11) is 0. The molecular formula is C24H29ClN2OS2. The van der Waals surface area contributed by atoms with Gasteiger partial charge in [0, 0.05) is 27.2 Å². The van der Waals surface area contributed by atoms with Gasteiger partial charge in [-0.25, -0.2) is 4.98 Å². The SMILES string of the molecule is CCN(CC)CCCCOc1cccc(SCc2ccc(Cl)cc2)c1-c1nccs1. The van der Waals surface area contributed by atoms with Crippen molar-refractivity contribution in [2.24, 2.45) is 0 Å². The number of benzene rings is 2.